The predicted molar refractivity (Wildman–Crippen MR) is 107 cm³/mol. The molecule has 1 atom stereocenters. The van der Waals surface area contributed by atoms with E-state index < -0.39 is 17.5 Å². The molecule has 1 saturated heterocycles. The number of nitrogens with two attached hydrogens (primary N) is 1. The van der Waals surface area contributed by atoms with Crippen molar-refractivity contribution in [1.29, 1.82) is 0 Å². The third-order valence-electron chi connectivity index (χ3n) is 3.83. The number of nitrogens with one attached hydrogen (secondary N) is 1. The minimum Gasteiger partial charge on any atom is -0.434 e. The number of halogens is 2. The predicted octanol–water partition coefficient (Wildman–Crippen LogP) is 2.96. The van der Waals surface area contributed by atoms with Gasteiger partial charge >= 0.3 is 6.16 Å². The largest absolute Gasteiger partial charge is 0.510 e. The zero-order chi connectivity index (χ0) is 21.4. The van der Waals surface area contributed by atoms with E-state index in [0.717, 1.165) is 0 Å². The first-order valence-corrected chi connectivity index (χ1v) is 9.48. The monoisotopic (exact) mass is 449 g/mol. The van der Waals surface area contributed by atoms with Crippen LogP contribution >= 0.6 is 23.2 Å². The second-order valence-corrected chi connectivity index (χ2v) is 6.78. The SMILES string of the molecule is CC(OC(=O)OCCCCO[N+](=O)[O-])N1CCN/C1=N\c1c(Cl)cc(N)cc1Cl. The molecule has 29 heavy (non-hydrogen) atoms. The normalized spacial score (nSPS) is 15.7. The second kappa shape index (κ2) is 10.8. The summed E-state index contributed by atoms with van der Waals surface area (Å²) in [7, 11) is 0. The number of nitrogens with zero attached hydrogens (tertiary/aromatic N) is 3. The molecule has 2 rings (SSSR count). The number of ether oxygens (including phenoxy) is 2. The van der Waals surface area contributed by atoms with Crippen molar-refractivity contribution in [3.8, 4) is 0 Å². The molecule has 1 unspecified atom stereocenters. The third kappa shape index (κ3) is 7.02. The smallest absolute Gasteiger partial charge is 0.434 e. The maximum Gasteiger partial charge on any atom is 0.510 e. The molecular weight excluding hydrogens is 429 g/mol. The maximum absolute atomic E-state index is 11.8. The van der Waals surface area contributed by atoms with E-state index in [0.29, 0.717) is 53.3 Å². The number of hydrogen-bond donors (Lipinski definition) is 2. The first-order valence-electron chi connectivity index (χ1n) is 8.72. The number of aliphatic imine (C=N–C) groups is 1. The lowest BCUT2D eigenvalue weighted by Crippen LogP contribution is -2.40. The van der Waals surface area contributed by atoms with Gasteiger partial charge in [-0.25, -0.2) is 9.79 Å². The lowest BCUT2D eigenvalue weighted by atomic mass is 10.3. The first kappa shape index (κ1) is 22.6. The Morgan fingerprint density at radius 1 is 1.38 bits per heavy atom. The van der Waals surface area contributed by atoms with Gasteiger partial charge in [-0.1, -0.05) is 23.2 Å². The Morgan fingerprint density at radius 2 is 2.03 bits per heavy atom. The molecule has 13 heteroatoms. The van der Waals surface area contributed by atoms with Crippen LogP contribution in [-0.2, 0) is 14.3 Å². The van der Waals surface area contributed by atoms with Gasteiger partial charge in [-0.2, -0.15) is 0 Å². The van der Waals surface area contributed by atoms with Gasteiger partial charge < -0.3 is 30.3 Å². The average molecular weight is 450 g/mol. The fourth-order valence-corrected chi connectivity index (χ4v) is 3.08. The van der Waals surface area contributed by atoms with Crippen molar-refractivity contribution in [1.82, 2.24) is 10.2 Å². The summed E-state index contributed by atoms with van der Waals surface area (Å²) >= 11 is 12.3. The molecule has 1 aliphatic rings. The number of nitrogen functional groups attached to an aromatic ring is 1. The Bertz CT molecular complexity index is 755. The minimum atomic E-state index is -0.870. The number of hydrogen-bond acceptors (Lipinski definition) is 8. The Morgan fingerprint density at radius 3 is 2.69 bits per heavy atom. The van der Waals surface area contributed by atoms with Gasteiger partial charge in [0.15, 0.2) is 6.23 Å². The van der Waals surface area contributed by atoms with Crippen LogP contribution in [0.3, 0.4) is 0 Å². The summed E-state index contributed by atoms with van der Waals surface area (Å²) < 4.78 is 10.2. The summed E-state index contributed by atoms with van der Waals surface area (Å²) in [5.74, 6) is 0.441. The molecule has 0 spiro atoms. The Balaban J connectivity index is 1.87. The molecule has 1 aliphatic heterocycles. The fourth-order valence-electron chi connectivity index (χ4n) is 2.49. The molecule has 1 fully saturated rings. The molecular formula is C16H21Cl2N5O6. The van der Waals surface area contributed by atoms with Crippen molar-refractivity contribution in [2.24, 2.45) is 4.99 Å². The van der Waals surface area contributed by atoms with E-state index in [2.05, 4.69) is 15.1 Å². The summed E-state index contributed by atoms with van der Waals surface area (Å²) in [6.45, 7) is 2.79. The molecule has 0 amide bonds. The number of carbonyl (C=O) groups is 1. The quantitative estimate of drug-likeness (QED) is 0.191. The maximum atomic E-state index is 11.8. The van der Waals surface area contributed by atoms with Gasteiger partial charge in [0.25, 0.3) is 5.09 Å². The van der Waals surface area contributed by atoms with E-state index in [-0.39, 0.29) is 13.2 Å². The number of rotatable bonds is 9. The van der Waals surface area contributed by atoms with Crippen LogP contribution in [0, 0.1) is 10.1 Å². The van der Waals surface area contributed by atoms with Gasteiger partial charge in [-0.05, 0) is 31.9 Å². The van der Waals surface area contributed by atoms with Crippen molar-refractivity contribution in [3.63, 3.8) is 0 Å². The molecule has 0 saturated carbocycles. The highest BCUT2D eigenvalue weighted by Crippen LogP contribution is 2.35. The number of carbonyl (C=O) groups excluding carboxylic acids is 1. The van der Waals surface area contributed by atoms with E-state index in [1.54, 1.807) is 24.0 Å². The Hall–Kier alpha value is -2.66. The van der Waals surface area contributed by atoms with E-state index >= 15 is 0 Å². The van der Waals surface area contributed by atoms with Gasteiger partial charge in [-0.3, -0.25) is 0 Å². The Kier molecular flexibility index (Phi) is 8.40. The number of unbranched alkanes of at least 4 members (excludes halogenated alkanes) is 1. The zero-order valence-corrected chi connectivity index (χ0v) is 17.1. The fraction of sp³-hybridized carbons (Fsp3) is 0.500. The first-order chi connectivity index (χ1) is 13.8. The van der Waals surface area contributed by atoms with Crippen molar-refractivity contribution < 1.29 is 24.2 Å². The molecule has 1 heterocycles. The summed E-state index contributed by atoms with van der Waals surface area (Å²) in [5, 5.41) is 12.8. The lowest BCUT2D eigenvalue weighted by molar-refractivity contribution is -0.757. The highest BCUT2D eigenvalue weighted by Gasteiger charge is 2.27. The number of anilines is 1. The summed E-state index contributed by atoms with van der Waals surface area (Å²) in [6, 6.07) is 3.08. The molecule has 0 aromatic heterocycles. The van der Waals surface area contributed by atoms with E-state index in [1.807, 2.05) is 0 Å². The summed E-state index contributed by atoms with van der Waals surface area (Å²) in [4.78, 5) is 32.2. The van der Waals surface area contributed by atoms with Crippen LogP contribution in [0.2, 0.25) is 10.0 Å². The number of benzene rings is 1. The second-order valence-electron chi connectivity index (χ2n) is 5.97. The molecule has 1 aromatic rings. The molecule has 160 valence electrons. The van der Waals surface area contributed by atoms with E-state index in [9.17, 15) is 14.9 Å². The van der Waals surface area contributed by atoms with Gasteiger partial charge in [0.1, 0.15) is 5.69 Å². The highest BCUT2D eigenvalue weighted by molar-refractivity contribution is 6.39. The summed E-state index contributed by atoms with van der Waals surface area (Å²) in [6.07, 6.45) is -0.744. The van der Waals surface area contributed by atoms with Crippen LogP contribution in [0.15, 0.2) is 17.1 Å². The van der Waals surface area contributed by atoms with Crippen molar-refractivity contribution in [3.05, 3.63) is 32.3 Å². The molecule has 11 nitrogen and oxygen atoms in total. The van der Waals surface area contributed by atoms with Gasteiger partial charge in [0.05, 0.1) is 23.3 Å². The van der Waals surface area contributed by atoms with Gasteiger partial charge in [-0.15, -0.1) is 10.1 Å². The third-order valence-corrected chi connectivity index (χ3v) is 4.40. The van der Waals surface area contributed by atoms with Crippen molar-refractivity contribution in [2.75, 3.05) is 32.0 Å². The topological polar surface area (TPSA) is 142 Å². The van der Waals surface area contributed by atoms with Crippen LogP contribution in [0.4, 0.5) is 16.2 Å². The van der Waals surface area contributed by atoms with E-state index in [4.69, 9.17) is 38.4 Å². The Labute approximate surface area is 176 Å². The molecule has 3 N–H and O–H groups in total. The lowest BCUT2D eigenvalue weighted by Gasteiger charge is -2.25. The van der Waals surface area contributed by atoms with Crippen LogP contribution < -0.4 is 11.1 Å². The van der Waals surface area contributed by atoms with Crippen molar-refractivity contribution >= 4 is 46.7 Å². The van der Waals surface area contributed by atoms with Crippen LogP contribution in [0.1, 0.15) is 19.8 Å². The molecule has 0 bridgehead atoms. The highest BCUT2D eigenvalue weighted by atomic mass is 35.5. The molecule has 0 aliphatic carbocycles. The minimum absolute atomic E-state index is 0.0580. The molecule has 0 radical (unpaired) electrons. The van der Waals surface area contributed by atoms with E-state index in [1.165, 1.54) is 0 Å². The summed E-state index contributed by atoms with van der Waals surface area (Å²) in [5.41, 5.74) is 6.47. The molecule has 1 aromatic carbocycles. The van der Waals surface area contributed by atoms with Gasteiger partial charge in [0, 0.05) is 18.8 Å². The zero-order valence-electron chi connectivity index (χ0n) is 15.6. The van der Waals surface area contributed by atoms with Gasteiger partial charge in [0.2, 0.25) is 5.96 Å². The average Bonchev–Trinajstić information content (AvgIpc) is 3.09. The number of guanidine groups is 1. The van der Waals surface area contributed by atoms with Crippen LogP contribution in [0.25, 0.3) is 0 Å². The van der Waals surface area contributed by atoms with Crippen LogP contribution in [0.5, 0.6) is 0 Å². The standard InChI is InChI=1S/C16H21Cl2N5O6/c1-10(29-16(24)27-6-2-3-7-28-23(25)26)22-5-4-20-15(22)21-14-12(17)8-11(19)9-13(14)18/h8-10H,2-7,19H2,1H3,(H,20,21). The van der Waals surface area contributed by atoms with Crippen molar-refractivity contribution in [2.45, 2.75) is 26.0 Å². The van der Waals surface area contributed by atoms with Crippen LogP contribution in [-0.4, -0.2) is 54.6 Å².